The Balaban J connectivity index is 2.49. The first-order valence-electron chi connectivity index (χ1n) is 5.13. The number of halogens is 4. The third-order valence-electron chi connectivity index (χ3n) is 2.94. The van der Waals surface area contributed by atoms with Gasteiger partial charge in [0, 0.05) is 0 Å². The number of hydrogen-bond acceptors (Lipinski definition) is 6. The monoisotopic (exact) mass is 436 g/mol. The SMILES string of the molecule is Fc1c(Br)c2nsnc2c2c(F)c(Br)c3nsnc3c12. The Bertz CT molecular complexity index is 931. The lowest BCUT2D eigenvalue weighted by atomic mass is 10.1. The highest BCUT2D eigenvalue weighted by atomic mass is 79.9. The highest BCUT2D eigenvalue weighted by Gasteiger charge is 2.25. The number of aromatic nitrogens is 4. The van der Waals surface area contributed by atoms with Gasteiger partial charge < -0.3 is 0 Å². The van der Waals surface area contributed by atoms with Crippen LogP contribution in [0.2, 0.25) is 0 Å². The molecule has 0 fully saturated rings. The second kappa shape index (κ2) is 4.33. The van der Waals surface area contributed by atoms with Crippen LogP contribution in [0.3, 0.4) is 0 Å². The fraction of sp³-hybridized carbons (Fsp3) is 0. The maximum Gasteiger partial charge on any atom is 0.149 e. The zero-order chi connectivity index (χ0) is 14.0. The Morgan fingerprint density at radius 1 is 0.650 bits per heavy atom. The van der Waals surface area contributed by atoms with E-state index >= 15 is 0 Å². The fourth-order valence-corrected chi connectivity index (χ4v) is 4.39. The third-order valence-corrected chi connectivity index (χ3v) is 5.45. The predicted molar refractivity (Wildman–Crippen MR) is 81.2 cm³/mol. The van der Waals surface area contributed by atoms with Gasteiger partial charge in [-0.3, -0.25) is 0 Å². The van der Waals surface area contributed by atoms with E-state index in [4.69, 9.17) is 0 Å². The van der Waals surface area contributed by atoms with E-state index in [1.807, 2.05) is 0 Å². The largest absolute Gasteiger partial charge is 0.205 e. The van der Waals surface area contributed by atoms with Crippen molar-refractivity contribution in [2.75, 3.05) is 0 Å². The lowest BCUT2D eigenvalue weighted by molar-refractivity contribution is 0.625. The minimum absolute atomic E-state index is 0.0709. The number of fused-ring (bicyclic) bond motifs is 5. The molecule has 4 rings (SSSR count). The molecule has 0 N–H and O–H groups in total. The minimum Gasteiger partial charge on any atom is -0.205 e. The van der Waals surface area contributed by atoms with E-state index < -0.39 is 11.6 Å². The Labute approximate surface area is 134 Å². The average Bonchev–Trinajstić information content (AvgIpc) is 3.08. The van der Waals surface area contributed by atoms with Gasteiger partial charge in [-0.05, 0) is 31.9 Å². The van der Waals surface area contributed by atoms with E-state index in [1.165, 1.54) is 0 Å². The molecule has 4 nitrogen and oxygen atoms in total. The molecule has 0 amide bonds. The van der Waals surface area contributed by atoms with E-state index in [0.717, 1.165) is 23.5 Å². The van der Waals surface area contributed by atoms with Crippen molar-refractivity contribution in [3.8, 4) is 0 Å². The highest BCUT2D eigenvalue weighted by Crippen LogP contribution is 2.41. The van der Waals surface area contributed by atoms with Gasteiger partial charge in [-0.25, -0.2) is 8.78 Å². The second-order valence-corrected chi connectivity index (χ2v) is 6.57. The van der Waals surface area contributed by atoms with Gasteiger partial charge in [-0.1, -0.05) is 0 Å². The van der Waals surface area contributed by atoms with Crippen LogP contribution >= 0.6 is 55.3 Å². The van der Waals surface area contributed by atoms with Crippen molar-refractivity contribution in [3.63, 3.8) is 0 Å². The van der Waals surface area contributed by atoms with Crippen LogP contribution in [0.25, 0.3) is 32.8 Å². The first-order chi connectivity index (χ1) is 9.61. The van der Waals surface area contributed by atoms with Crippen LogP contribution in [0, 0.1) is 11.6 Å². The van der Waals surface area contributed by atoms with Gasteiger partial charge >= 0.3 is 0 Å². The predicted octanol–water partition coefficient (Wildman–Crippen LogP) is 4.65. The molecule has 0 unspecified atom stereocenters. The quantitative estimate of drug-likeness (QED) is 0.401. The molecule has 20 heavy (non-hydrogen) atoms. The molecule has 0 radical (unpaired) electrons. The molecule has 100 valence electrons. The van der Waals surface area contributed by atoms with Crippen LogP contribution in [0.4, 0.5) is 8.78 Å². The van der Waals surface area contributed by atoms with E-state index in [0.29, 0.717) is 22.1 Å². The van der Waals surface area contributed by atoms with E-state index in [9.17, 15) is 8.78 Å². The minimum atomic E-state index is -0.607. The molecule has 10 heteroatoms. The summed E-state index contributed by atoms with van der Waals surface area (Å²) in [5.74, 6) is -1.21. The molecule has 4 aromatic rings. The summed E-state index contributed by atoms with van der Waals surface area (Å²) in [6.07, 6.45) is 0. The first kappa shape index (κ1) is 12.9. The average molecular weight is 438 g/mol. The van der Waals surface area contributed by atoms with Crippen molar-refractivity contribution < 1.29 is 8.78 Å². The summed E-state index contributed by atoms with van der Waals surface area (Å²) >= 11 is 8.10. The van der Waals surface area contributed by atoms with Crippen LogP contribution < -0.4 is 0 Å². The lowest BCUT2D eigenvalue weighted by Gasteiger charge is -2.06. The standard InChI is InChI=1S/C10Br2F2N4S2/c11-3-5(13)1-2(8-10(3)18-20-16-8)6(14)4(12)9-7(1)15-19-17-9. The molecule has 2 aromatic carbocycles. The van der Waals surface area contributed by atoms with Crippen molar-refractivity contribution in [2.45, 2.75) is 0 Å². The number of benzene rings is 2. The summed E-state index contributed by atoms with van der Waals surface area (Å²) in [6, 6.07) is 0. The zero-order valence-corrected chi connectivity index (χ0v) is 13.9. The smallest absolute Gasteiger partial charge is 0.149 e. The molecule has 0 bridgehead atoms. The molecule has 0 spiro atoms. The van der Waals surface area contributed by atoms with Gasteiger partial charge in [-0.15, -0.1) is 0 Å². The molecule has 0 saturated carbocycles. The van der Waals surface area contributed by atoms with E-state index in [2.05, 4.69) is 49.4 Å². The van der Waals surface area contributed by atoms with Gasteiger partial charge in [-0.2, -0.15) is 17.5 Å². The molecule has 2 aromatic heterocycles. The Kier molecular flexibility index (Phi) is 2.78. The van der Waals surface area contributed by atoms with Crippen LogP contribution in [-0.4, -0.2) is 17.5 Å². The third kappa shape index (κ3) is 1.47. The molecule has 0 saturated heterocycles. The number of rotatable bonds is 0. The maximum atomic E-state index is 14.6. The second-order valence-electron chi connectivity index (χ2n) is 3.93. The summed E-state index contributed by atoms with van der Waals surface area (Å²) in [7, 11) is 0. The summed E-state index contributed by atoms with van der Waals surface area (Å²) in [5.41, 5.74) is 1.22. The van der Waals surface area contributed by atoms with E-state index in [1.54, 1.807) is 0 Å². The van der Waals surface area contributed by atoms with Gasteiger partial charge in [0.1, 0.15) is 33.7 Å². The molecule has 0 aliphatic heterocycles. The van der Waals surface area contributed by atoms with Gasteiger partial charge in [0.05, 0.1) is 43.2 Å². The summed E-state index contributed by atoms with van der Waals surface area (Å²) in [5, 5.41) is 0.142. The molecule has 2 heterocycles. The Hall–Kier alpha value is -0.840. The molecule has 0 aliphatic carbocycles. The van der Waals surface area contributed by atoms with Crippen LogP contribution in [-0.2, 0) is 0 Å². The van der Waals surface area contributed by atoms with Crippen molar-refractivity contribution in [2.24, 2.45) is 0 Å². The zero-order valence-electron chi connectivity index (χ0n) is 9.12. The first-order valence-corrected chi connectivity index (χ1v) is 8.18. The van der Waals surface area contributed by atoms with Crippen LogP contribution in [0.15, 0.2) is 8.95 Å². The van der Waals surface area contributed by atoms with Gasteiger partial charge in [0.25, 0.3) is 0 Å². The normalized spacial score (nSPS) is 12.0. The molecule has 0 aliphatic rings. The lowest BCUT2D eigenvalue weighted by Crippen LogP contribution is -1.93. The van der Waals surface area contributed by atoms with Crippen molar-refractivity contribution in [1.29, 1.82) is 0 Å². The van der Waals surface area contributed by atoms with E-state index in [-0.39, 0.29) is 19.7 Å². The highest BCUT2D eigenvalue weighted by molar-refractivity contribution is 9.11. The van der Waals surface area contributed by atoms with Crippen molar-refractivity contribution >= 4 is 88.2 Å². The summed E-state index contributed by atoms with van der Waals surface area (Å²) in [6.45, 7) is 0. The summed E-state index contributed by atoms with van der Waals surface area (Å²) in [4.78, 5) is 0. The molecular weight excluding hydrogens is 438 g/mol. The van der Waals surface area contributed by atoms with Crippen molar-refractivity contribution in [3.05, 3.63) is 20.6 Å². The maximum absolute atomic E-state index is 14.6. The fourth-order valence-electron chi connectivity index (χ4n) is 2.08. The molecular formula is C10Br2F2N4S2. The Morgan fingerprint density at radius 3 is 1.40 bits per heavy atom. The van der Waals surface area contributed by atoms with Crippen molar-refractivity contribution in [1.82, 2.24) is 17.5 Å². The van der Waals surface area contributed by atoms with Crippen LogP contribution in [0.1, 0.15) is 0 Å². The topological polar surface area (TPSA) is 51.6 Å². The summed E-state index contributed by atoms with van der Waals surface area (Å²) < 4.78 is 45.6. The molecule has 0 atom stereocenters. The number of nitrogens with zero attached hydrogens (tertiary/aromatic N) is 4. The van der Waals surface area contributed by atoms with Gasteiger partial charge in [0.15, 0.2) is 0 Å². The van der Waals surface area contributed by atoms with Crippen LogP contribution in [0.5, 0.6) is 0 Å². The van der Waals surface area contributed by atoms with Gasteiger partial charge in [0.2, 0.25) is 0 Å². The Morgan fingerprint density at radius 2 is 1.00 bits per heavy atom. The number of hydrogen-bond donors (Lipinski definition) is 0.